The molecule has 0 fully saturated rings. The van der Waals surface area contributed by atoms with Gasteiger partial charge >= 0.3 is 0 Å². The van der Waals surface area contributed by atoms with Crippen LogP contribution in [0.1, 0.15) is 27.0 Å². The van der Waals surface area contributed by atoms with Crippen LogP contribution >= 0.6 is 0 Å². The Morgan fingerprint density at radius 3 is 2.60 bits per heavy atom. The summed E-state index contributed by atoms with van der Waals surface area (Å²) >= 11 is 0. The summed E-state index contributed by atoms with van der Waals surface area (Å²) in [7, 11) is 0. The number of aryl methyl sites for hydroxylation is 1. The van der Waals surface area contributed by atoms with Crippen molar-refractivity contribution in [2.24, 2.45) is 0 Å². The van der Waals surface area contributed by atoms with Gasteiger partial charge in [-0.25, -0.2) is 4.98 Å². The summed E-state index contributed by atoms with van der Waals surface area (Å²) in [5, 5.41) is 4.17. The second kappa shape index (κ2) is 7.64. The summed E-state index contributed by atoms with van der Waals surface area (Å²) in [6.07, 6.45) is 0.978. The third kappa shape index (κ3) is 3.52. The minimum absolute atomic E-state index is 0.0631. The van der Waals surface area contributed by atoms with Crippen molar-refractivity contribution in [1.82, 2.24) is 10.3 Å². The second-order valence-electron chi connectivity index (χ2n) is 7.78. The molecule has 0 spiro atoms. The summed E-state index contributed by atoms with van der Waals surface area (Å²) in [6.45, 7) is 3.52. The molecule has 4 heteroatoms. The Morgan fingerprint density at radius 2 is 1.80 bits per heavy atom. The molecule has 0 saturated heterocycles. The number of aromatic nitrogens is 1. The van der Waals surface area contributed by atoms with Crippen molar-refractivity contribution in [3.05, 3.63) is 101 Å². The highest BCUT2D eigenvalue weighted by molar-refractivity contribution is 5.94. The topological polar surface area (TPSA) is 45.2 Å². The zero-order valence-electron chi connectivity index (χ0n) is 16.9. The summed E-state index contributed by atoms with van der Waals surface area (Å²) in [6, 6.07) is 26.4. The number of nitrogens with zero attached hydrogens (tertiary/aromatic N) is 2. The lowest BCUT2D eigenvalue weighted by Crippen LogP contribution is -2.23. The van der Waals surface area contributed by atoms with Crippen molar-refractivity contribution in [3.8, 4) is 0 Å². The number of fused-ring (bicyclic) bond motifs is 2. The van der Waals surface area contributed by atoms with Gasteiger partial charge in [0.25, 0.3) is 5.91 Å². The first-order valence-corrected chi connectivity index (χ1v) is 10.3. The lowest BCUT2D eigenvalue weighted by Gasteiger charge is -2.19. The van der Waals surface area contributed by atoms with Crippen LogP contribution < -0.4 is 10.2 Å². The van der Waals surface area contributed by atoms with E-state index in [2.05, 4.69) is 41.4 Å². The van der Waals surface area contributed by atoms with E-state index in [4.69, 9.17) is 4.98 Å². The molecule has 3 aromatic carbocycles. The maximum absolute atomic E-state index is 12.5. The molecule has 4 aromatic rings. The third-order valence-corrected chi connectivity index (χ3v) is 5.63. The minimum atomic E-state index is -0.0631. The molecule has 30 heavy (non-hydrogen) atoms. The predicted molar refractivity (Wildman–Crippen MR) is 121 cm³/mol. The van der Waals surface area contributed by atoms with Crippen molar-refractivity contribution in [2.75, 3.05) is 11.4 Å². The van der Waals surface area contributed by atoms with Crippen molar-refractivity contribution in [3.63, 3.8) is 0 Å². The van der Waals surface area contributed by atoms with Crippen molar-refractivity contribution in [1.29, 1.82) is 0 Å². The van der Waals surface area contributed by atoms with Crippen LogP contribution in [0, 0.1) is 6.92 Å². The summed E-state index contributed by atoms with van der Waals surface area (Å²) in [5.74, 6) is 0.959. The Bertz CT molecular complexity index is 1220. The molecule has 0 aliphatic carbocycles. The first-order valence-electron chi connectivity index (χ1n) is 10.3. The molecule has 0 saturated carbocycles. The van der Waals surface area contributed by atoms with Gasteiger partial charge in [0.2, 0.25) is 0 Å². The number of anilines is 2. The monoisotopic (exact) mass is 393 g/mol. The molecule has 1 aliphatic rings. The van der Waals surface area contributed by atoms with E-state index in [1.165, 1.54) is 16.5 Å². The highest BCUT2D eigenvalue weighted by Crippen LogP contribution is 2.35. The van der Waals surface area contributed by atoms with Crippen LogP contribution in [0.4, 0.5) is 11.5 Å². The quantitative estimate of drug-likeness (QED) is 0.520. The summed E-state index contributed by atoms with van der Waals surface area (Å²) in [5.41, 5.74) is 6.33. The Balaban J connectivity index is 1.35. The van der Waals surface area contributed by atoms with Crippen LogP contribution in [0.2, 0.25) is 0 Å². The maximum atomic E-state index is 12.5. The molecule has 0 atom stereocenters. The van der Waals surface area contributed by atoms with Crippen LogP contribution in [0.3, 0.4) is 0 Å². The van der Waals surface area contributed by atoms with E-state index in [1.807, 2.05) is 54.6 Å². The molecule has 0 bridgehead atoms. The summed E-state index contributed by atoms with van der Waals surface area (Å²) < 4.78 is 0. The van der Waals surface area contributed by atoms with Crippen LogP contribution in [0.15, 0.2) is 78.9 Å². The number of hydrogen-bond donors (Lipinski definition) is 1. The van der Waals surface area contributed by atoms with Gasteiger partial charge in [0.1, 0.15) is 5.82 Å². The Kier molecular flexibility index (Phi) is 4.68. The van der Waals surface area contributed by atoms with E-state index in [0.29, 0.717) is 12.1 Å². The van der Waals surface area contributed by atoms with Gasteiger partial charge in [-0.3, -0.25) is 4.79 Å². The Morgan fingerprint density at radius 1 is 1.00 bits per heavy atom. The number of rotatable bonds is 4. The van der Waals surface area contributed by atoms with E-state index >= 15 is 0 Å². The lowest BCUT2D eigenvalue weighted by atomic mass is 10.1. The number of carbonyl (C=O) groups is 1. The average molecular weight is 393 g/mol. The van der Waals surface area contributed by atoms with Crippen molar-refractivity contribution < 1.29 is 4.79 Å². The number of hydrogen-bond acceptors (Lipinski definition) is 3. The third-order valence-electron chi connectivity index (χ3n) is 5.63. The van der Waals surface area contributed by atoms with Gasteiger partial charge < -0.3 is 10.2 Å². The second-order valence-corrected chi connectivity index (χ2v) is 7.78. The highest BCUT2D eigenvalue weighted by Gasteiger charge is 2.23. The number of pyridine rings is 1. The first-order chi connectivity index (χ1) is 14.7. The maximum Gasteiger partial charge on any atom is 0.251 e. The fourth-order valence-electron chi connectivity index (χ4n) is 3.99. The fourth-order valence-corrected chi connectivity index (χ4v) is 3.99. The van der Waals surface area contributed by atoms with E-state index < -0.39 is 0 Å². The molecule has 2 heterocycles. The molecule has 1 aromatic heterocycles. The molecule has 1 amide bonds. The van der Waals surface area contributed by atoms with Gasteiger partial charge in [0.05, 0.1) is 5.52 Å². The SMILES string of the molecule is Cc1ccc2cc3c(nc2c1)N(c1ccc(C(=O)NCc2ccccc2)cc1)CC3. The summed E-state index contributed by atoms with van der Waals surface area (Å²) in [4.78, 5) is 19.7. The van der Waals surface area contributed by atoms with E-state index in [1.54, 1.807) is 0 Å². The fraction of sp³-hybridized carbons (Fsp3) is 0.154. The van der Waals surface area contributed by atoms with Crippen LogP contribution in [0.25, 0.3) is 10.9 Å². The van der Waals surface area contributed by atoms with Gasteiger partial charge in [-0.15, -0.1) is 0 Å². The normalized spacial score (nSPS) is 12.8. The molecular weight excluding hydrogens is 370 g/mol. The largest absolute Gasteiger partial charge is 0.348 e. The average Bonchev–Trinajstić information content (AvgIpc) is 3.19. The van der Waals surface area contributed by atoms with Crippen LogP contribution in [0.5, 0.6) is 0 Å². The lowest BCUT2D eigenvalue weighted by molar-refractivity contribution is 0.0951. The van der Waals surface area contributed by atoms with Gasteiger partial charge in [0, 0.05) is 29.7 Å². The molecule has 1 N–H and O–H groups in total. The van der Waals surface area contributed by atoms with E-state index in [0.717, 1.165) is 35.6 Å². The van der Waals surface area contributed by atoms with Gasteiger partial charge in [-0.1, -0.05) is 42.5 Å². The molecule has 1 aliphatic heterocycles. The van der Waals surface area contributed by atoms with Crippen LogP contribution in [-0.4, -0.2) is 17.4 Å². The number of amides is 1. The Labute approximate surface area is 176 Å². The molecule has 0 unspecified atom stereocenters. The zero-order chi connectivity index (χ0) is 20.5. The Hall–Kier alpha value is -3.66. The number of nitrogens with one attached hydrogen (secondary N) is 1. The van der Waals surface area contributed by atoms with E-state index in [9.17, 15) is 4.79 Å². The molecular formula is C26H23N3O. The van der Waals surface area contributed by atoms with Crippen molar-refractivity contribution >= 4 is 28.3 Å². The van der Waals surface area contributed by atoms with E-state index in [-0.39, 0.29) is 5.91 Å². The minimum Gasteiger partial charge on any atom is -0.348 e. The standard InChI is InChI=1S/C26H23N3O/c1-18-7-8-21-16-22-13-14-29(25(22)28-24(21)15-18)23-11-9-20(10-12-23)26(30)27-17-19-5-3-2-4-6-19/h2-12,15-16H,13-14,17H2,1H3,(H,27,30). The first kappa shape index (κ1) is 18.4. The number of benzene rings is 3. The van der Waals surface area contributed by atoms with Crippen molar-refractivity contribution in [2.45, 2.75) is 19.9 Å². The zero-order valence-corrected chi connectivity index (χ0v) is 16.9. The predicted octanol–water partition coefficient (Wildman–Crippen LogP) is 5.17. The smallest absolute Gasteiger partial charge is 0.251 e. The van der Waals surface area contributed by atoms with Gasteiger partial charge in [-0.2, -0.15) is 0 Å². The molecule has 4 nitrogen and oxygen atoms in total. The van der Waals surface area contributed by atoms with Gasteiger partial charge in [-0.05, 0) is 66.4 Å². The molecule has 5 rings (SSSR count). The highest BCUT2D eigenvalue weighted by atomic mass is 16.1. The van der Waals surface area contributed by atoms with Gasteiger partial charge in [0.15, 0.2) is 0 Å². The number of carbonyl (C=O) groups excluding carboxylic acids is 1. The molecule has 0 radical (unpaired) electrons. The van der Waals surface area contributed by atoms with Crippen LogP contribution in [-0.2, 0) is 13.0 Å². The molecule has 148 valence electrons.